The molecule has 3 N–H and O–H groups in total. The molecular weight excluding hydrogens is 390 g/mol. The average Bonchev–Trinajstić information content (AvgIpc) is 3.13. The van der Waals surface area contributed by atoms with E-state index in [4.69, 9.17) is 0 Å². The fourth-order valence-corrected chi connectivity index (χ4v) is 4.92. The third-order valence-corrected chi connectivity index (χ3v) is 6.91. The van der Waals surface area contributed by atoms with Gasteiger partial charge in [0.05, 0.1) is 12.3 Å². The number of carbonyl (C=O) groups is 1. The minimum absolute atomic E-state index is 0.0869. The lowest BCUT2D eigenvalue weighted by Gasteiger charge is -2.36. The minimum atomic E-state index is -2.57. The zero-order valence-corrected chi connectivity index (χ0v) is 17.4. The highest BCUT2D eigenvalue weighted by atomic mass is 19.3. The van der Waals surface area contributed by atoms with Crippen LogP contribution in [0.15, 0.2) is 35.8 Å². The van der Waals surface area contributed by atoms with Crippen molar-refractivity contribution in [1.82, 2.24) is 20.4 Å². The minimum Gasteiger partial charge on any atom is -0.396 e. The molecule has 1 saturated heterocycles. The summed E-state index contributed by atoms with van der Waals surface area (Å²) < 4.78 is 26.9. The third kappa shape index (κ3) is 4.54. The molecule has 1 unspecified atom stereocenters. The van der Waals surface area contributed by atoms with E-state index in [0.29, 0.717) is 31.9 Å². The Hall–Kier alpha value is -1.93. The van der Waals surface area contributed by atoms with E-state index in [0.717, 1.165) is 31.4 Å². The van der Waals surface area contributed by atoms with Crippen LogP contribution in [0, 0.1) is 5.41 Å². The quantitative estimate of drug-likeness (QED) is 0.613. The van der Waals surface area contributed by atoms with Gasteiger partial charge in [0.2, 0.25) is 0 Å². The molecule has 3 aliphatic heterocycles. The molecule has 8 heteroatoms. The molecule has 0 radical (unpaired) electrons. The first kappa shape index (κ1) is 21.3. The first-order valence-corrected chi connectivity index (χ1v) is 11.0. The lowest BCUT2D eigenvalue weighted by molar-refractivity contribution is -0.118. The number of allylic oxidation sites excluding steroid dienone is 3. The van der Waals surface area contributed by atoms with Gasteiger partial charge in [-0.3, -0.25) is 9.69 Å². The van der Waals surface area contributed by atoms with Crippen LogP contribution in [-0.2, 0) is 4.79 Å². The monoisotopic (exact) mass is 422 g/mol. The van der Waals surface area contributed by atoms with E-state index < -0.39 is 5.92 Å². The van der Waals surface area contributed by atoms with Gasteiger partial charge in [-0.05, 0) is 25.0 Å². The number of nitrogens with zero attached hydrogens (tertiary/aromatic N) is 2. The highest BCUT2D eigenvalue weighted by Gasteiger charge is 2.39. The Kier molecular flexibility index (Phi) is 6.16. The molecule has 2 fully saturated rings. The highest BCUT2D eigenvalue weighted by molar-refractivity contribution is 5.94. The number of aliphatic hydroxyl groups is 1. The second-order valence-electron chi connectivity index (χ2n) is 9.09. The maximum Gasteiger partial charge on any atom is 0.269 e. The molecule has 1 saturated carbocycles. The van der Waals surface area contributed by atoms with Gasteiger partial charge in [0.1, 0.15) is 11.9 Å². The molecule has 0 aromatic rings. The summed E-state index contributed by atoms with van der Waals surface area (Å²) in [4.78, 5) is 17.0. The molecule has 1 amide bonds. The van der Waals surface area contributed by atoms with Crippen LogP contribution < -0.4 is 10.6 Å². The number of halogens is 2. The maximum absolute atomic E-state index is 13.5. The van der Waals surface area contributed by atoms with E-state index in [-0.39, 0.29) is 36.9 Å². The SMILES string of the molecule is O=C(NCC1(CO)CCCCC1)C1=C2C=CC=CN2C(CN2CCC(F)(F)CC2)N1. The first-order valence-electron chi connectivity index (χ1n) is 11.0. The van der Waals surface area contributed by atoms with Gasteiger partial charge in [-0.1, -0.05) is 25.3 Å². The van der Waals surface area contributed by atoms with Crippen LogP contribution in [0.1, 0.15) is 44.9 Å². The van der Waals surface area contributed by atoms with Crippen LogP contribution >= 0.6 is 0 Å². The van der Waals surface area contributed by atoms with Crippen molar-refractivity contribution in [3.05, 3.63) is 35.8 Å². The predicted octanol–water partition coefficient (Wildman–Crippen LogP) is 2.30. The van der Waals surface area contributed by atoms with Crippen molar-refractivity contribution in [3.63, 3.8) is 0 Å². The van der Waals surface area contributed by atoms with E-state index in [1.165, 1.54) is 6.42 Å². The molecule has 1 atom stereocenters. The lowest BCUT2D eigenvalue weighted by Crippen LogP contribution is -2.49. The van der Waals surface area contributed by atoms with Crippen LogP contribution in [-0.4, -0.2) is 65.7 Å². The second kappa shape index (κ2) is 8.67. The molecule has 0 aromatic heterocycles. The average molecular weight is 423 g/mol. The Morgan fingerprint density at radius 2 is 1.90 bits per heavy atom. The van der Waals surface area contributed by atoms with E-state index in [1.807, 2.05) is 34.2 Å². The van der Waals surface area contributed by atoms with Gasteiger partial charge in [0.15, 0.2) is 0 Å². The van der Waals surface area contributed by atoms with Crippen LogP contribution in [0.3, 0.4) is 0 Å². The summed E-state index contributed by atoms with van der Waals surface area (Å²) >= 11 is 0. The van der Waals surface area contributed by atoms with Gasteiger partial charge in [0, 0.05) is 50.6 Å². The normalized spacial score (nSPS) is 27.7. The number of carbonyl (C=O) groups excluding carboxylic acids is 1. The molecule has 0 bridgehead atoms. The molecule has 0 spiro atoms. The summed E-state index contributed by atoms with van der Waals surface area (Å²) in [6.07, 6.45) is 12.4. The highest BCUT2D eigenvalue weighted by Crippen LogP contribution is 2.35. The van der Waals surface area contributed by atoms with Gasteiger partial charge in [0.25, 0.3) is 11.8 Å². The summed E-state index contributed by atoms with van der Waals surface area (Å²) in [6, 6.07) is 0. The molecule has 3 heterocycles. The van der Waals surface area contributed by atoms with E-state index in [2.05, 4.69) is 10.6 Å². The van der Waals surface area contributed by atoms with Crippen molar-refractivity contribution in [2.45, 2.75) is 57.0 Å². The number of rotatable bonds is 6. The standard InChI is InChI=1S/C22H32F2N4O2/c23-22(24)9-12-27(13-10-22)14-18-26-19(17-6-2-5-11-28(17)18)20(30)25-15-21(16-29)7-3-1-4-8-21/h2,5-6,11,18,26,29H,1,3-4,7-10,12-16H2,(H,25,30). The number of likely N-dealkylation sites (tertiary alicyclic amines) is 1. The smallest absolute Gasteiger partial charge is 0.269 e. The fraction of sp³-hybridized carbons (Fsp3) is 0.682. The molecule has 30 heavy (non-hydrogen) atoms. The van der Waals surface area contributed by atoms with Crippen LogP contribution in [0.25, 0.3) is 0 Å². The van der Waals surface area contributed by atoms with Gasteiger partial charge in [-0.25, -0.2) is 8.78 Å². The molecule has 6 nitrogen and oxygen atoms in total. The summed E-state index contributed by atoms with van der Waals surface area (Å²) in [7, 11) is 0. The molecule has 0 aromatic carbocycles. The lowest BCUT2D eigenvalue weighted by atomic mass is 9.74. The second-order valence-corrected chi connectivity index (χ2v) is 9.09. The van der Waals surface area contributed by atoms with Crippen molar-refractivity contribution in [3.8, 4) is 0 Å². The molecule has 166 valence electrons. The molecular formula is C22H32F2N4O2. The number of hydrogen-bond acceptors (Lipinski definition) is 5. The number of piperidine rings is 1. The number of alkyl halides is 2. The van der Waals surface area contributed by atoms with Crippen LogP contribution in [0.5, 0.6) is 0 Å². The largest absolute Gasteiger partial charge is 0.396 e. The number of fused-ring (bicyclic) bond motifs is 1. The number of nitrogens with one attached hydrogen (secondary N) is 2. The van der Waals surface area contributed by atoms with Gasteiger partial charge < -0.3 is 20.6 Å². The van der Waals surface area contributed by atoms with Crippen molar-refractivity contribution in [1.29, 1.82) is 0 Å². The summed E-state index contributed by atoms with van der Waals surface area (Å²) in [5.74, 6) is -2.75. The number of amides is 1. The topological polar surface area (TPSA) is 67.8 Å². The number of hydrogen-bond donors (Lipinski definition) is 3. The first-order chi connectivity index (χ1) is 14.4. The summed E-state index contributed by atoms with van der Waals surface area (Å²) in [5, 5.41) is 16.3. The van der Waals surface area contributed by atoms with Gasteiger partial charge >= 0.3 is 0 Å². The predicted molar refractivity (Wildman–Crippen MR) is 110 cm³/mol. The van der Waals surface area contributed by atoms with E-state index in [9.17, 15) is 18.7 Å². The van der Waals surface area contributed by atoms with Crippen LogP contribution in [0.4, 0.5) is 8.78 Å². The zero-order chi connectivity index (χ0) is 21.2. The van der Waals surface area contributed by atoms with Crippen molar-refractivity contribution in [2.24, 2.45) is 5.41 Å². The van der Waals surface area contributed by atoms with Crippen molar-refractivity contribution >= 4 is 5.91 Å². The van der Waals surface area contributed by atoms with Crippen molar-refractivity contribution < 1.29 is 18.7 Å². The molecule has 4 aliphatic rings. The molecule has 1 aliphatic carbocycles. The fourth-order valence-electron chi connectivity index (χ4n) is 4.92. The third-order valence-electron chi connectivity index (χ3n) is 6.91. The Balaban J connectivity index is 1.39. The van der Waals surface area contributed by atoms with Gasteiger partial charge in [-0.15, -0.1) is 0 Å². The van der Waals surface area contributed by atoms with Crippen LogP contribution in [0.2, 0.25) is 0 Å². The van der Waals surface area contributed by atoms with Gasteiger partial charge in [-0.2, -0.15) is 0 Å². The zero-order valence-electron chi connectivity index (χ0n) is 17.4. The maximum atomic E-state index is 13.5. The Morgan fingerprint density at radius 3 is 2.60 bits per heavy atom. The van der Waals surface area contributed by atoms with E-state index in [1.54, 1.807) is 0 Å². The number of aliphatic hydroxyl groups excluding tert-OH is 1. The molecule has 4 rings (SSSR count). The Labute approximate surface area is 176 Å². The summed E-state index contributed by atoms with van der Waals surface area (Å²) in [6.45, 7) is 1.83. The summed E-state index contributed by atoms with van der Waals surface area (Å²) in [5.41, 5.74) is 1.08. The van der Waals surface area contributed by atoms with E-state index >= 15 is 0 Å². The van der Waals surface area contributed by atoms with Crippen molar-refractivity contribution in [2.75, 3.05) is 32.8 Å². The Morgan fingerprint density at radius 1 is 1.17 bits per heavy atom. The Bertz CT molecular complexity index is 733.